The highest BCUT2D eigenvalue weighted by Crippen LogP contribution is 2.20. The van der Waals surface area contributed by atoms with Gasteiger partial charge in [0.25, 0.3) is 0 Å². The van der Waals surface area contributed by atoms with Crippen molar-refractivity contribution in [2.75, 3.05) is 7.05 Å². The molecule has 0 saturated heterocycles. The quantitative estimate of drug-likeness (QED) is 0.835. The van der Waals surface area contributed by atoms with Crippen LogP contribution in [-0.2, 0) is 23.1 Å². The first kappa shape index (κ1) is 15.5. The number of sulfonamides is 1. The van der Waals surface area contributed by atoms with Crippen molar-refractivity contribution in [1.29, 1.82) is 0 Å². The molecule has 2 rings (SSSR count). The summed E-state index contributed by atoms with van der Waals surface area (Å²) in [7, 11) is -2.60. The molecule has 0 radical (unpaired) electrons. The van der Waals surface area contributed by atoms with Gasteiger partial charge < -0.3 is 9.84 Å². The van der Waals surface area contributed by atoms with Crippen LogP contribution in [0, 0.1) is 11.6 Å². The molecule has 0 fully saturated rings. The molecule has 1 heterocycles. The SMILES string of the molecule is CNCc1cc(F)c(F)c(S(=O)(=O)NCc2ccon2)c1. The lowest BCUT2D eigenvalue weighted by atomic mass is 10.2. The van der Waals surface area contributed by atoms with Crippen molar-refractivity contribution in [1.82, 2.24) is 15.2 Å². The van der Waals surface area contributed by atoms with Gasteiger partial charge in [-0.05, 0) is 24.7 Å². The minimum Gasteiger partial charge on any atom is -0.364 e. The van der Waals surface area contributed by atoms with E-state index in [1.807, 2.05) is 0 Å². The van der Waals surface area contributed by atoms with Gasteiger partial charge in [0.1, 0.15) is 11.2 Å². The van der Waals surface area contributed by atoms with Gasteiger partial charge in [0, 0.05) is 12.6 Å². The Labute approximate surface area is 120 Å². The molecule has 0 aliphatic carbocycles. The van der Waals surface area contributed by atoms with Gasteiger partial charge >= 0.3 is 0 Å². The molecule has 0 amide bonds. The van der Waals surface area contributed by atoms with Crippen LogP contribution in [0.1, 0.15) is 11.3 Å². The fourth-order valence-electron chi connectivity index (χ4n) is 1.69. The van der Waals surface area contributed by atoms with Crippen LogP contribution in [0.15, 0.2) is 33.9 Å². The Balaban J connectivity index is 2.30. The first-order valence-electron chi connectivity index (χ1n) is 5.95. The number of benzene rings is 1. The maximum absolute atomic E-state index is 13.7. The lowest BCUT2D eigenvalue weighted by Crippen LogP contribution is -2.25. The molecule has 6 nitrogen and oxygen atoms in total. The molecule has 0 atom stereocenters. The highest BCUT2D eigenvalue weighted by atomic mass is 32.2. The summed E-state index contributed by atoms with van der Waals surface area (Å²) < 4.78 is 58.0. The molecule has 0 spiro atoms. The van der Waals surface area contributed by atoms with Crippen LogP contribution < -0.4 is 10.0 Å². The van der Waals surface area contributed by atoms with E-state index >= 15 is 0 Å². The molecule has 2 aromatic rings. The summed E-state index contributed by atoms with van der Waals surface area (Å²) in [5, 5.41) is 6.26. The van der Waals surface area contributed by atoms with E-state index in [0.717, 1.165) is 12.1 Å². The predicted molar refractivity (Wildman–Crippen MR) is 69.7 cm³/mol. The molecule has 114 valence electrons. The first-order chi connectivity index (χ1) is 9.94. The van der Waals surface area contributed by atoms with E-state index in [1.54, 1.807) is 7.05 Å². The van der Waals surface area contributed by atoms with Crippen LogP contribution in [0.2, 0.25) is 0 Å². The minimum atomic E-state index is -4.20. The third-order valence-corrected chi connectivity index (χ3v) is 4.06. The van der Waals surface area contributed by atoms with Crippen molar-refractivity contribution in [3.05, 3.63) is 47.4 Å². The van der Waals surface area contributed by atoms with Crippen molar-refractivity contribution in [2.45, 2.75) is 18.0 Å². The van der Waals surface area contributed by atoms with Crippen molar-refractivity contribution < 1.29 is 21.7 Å². The Bertz CT molecular complexity index is 718. The smallest absolute Gasteiger partial charge is 0.243 e. The van der Waals surface area contributed by atoms with Crippen molar-refractivity contribution in [3.8, 4) is 0 Å². The van der Waals surface area contributed by atoms with E-state index in [9.17, 15) is 17.2 Å². The normalized spacial score (nSPS) is 11.8. The molecule has 0 bridgehead atoms. The number of halogens is 2. The Morgan fingerprint density at radius 2 is 2.05 bits per heavy atom. The van der Waals surface area contributed by atoms with Crippen molar-refractivity contribution in [3.63, 3.8) is 0 Å². The molecule has 1 aromatic carbocycles. The molecule has 9 heteroatoms. The molecule has 0 unspecified atom stereocenters. The van der Waals surface area contributed by atoms with Crippen LogP contribution in [-0.4, -0.2) is 20.6 Å². The fraction of sp³-hybridized carbons (Fsp3) is 0.250. The second-order valence-electron chi connectivity index (χ2n) is 4.24. The lowest BCUT2D eigenvalue weighted by molar-refractivity contribution is 0.410. The zero-order chi connectivity index (χ0) is 15.5. The highest BCUT2D eigenvalue weighted by molar-refractivity contribution is 7.89. The topological polar surface area (TPSA) is 84.2 Å². The maximum Gasteiger partial charge on any atom is 0.243 e. The average molecular weight is 317 g/mol. The molecule has 2 N–H and O–H groups in total. The summed E-state index contributed by atoms with van der Waals surface area (Å²) in [5.41, 5.74) is 0.643. The number of aromatic nitrogens is 1. The second kappa shape index (κ2) is 6.29. The van der Waals surface area contributed by atoms with Crippen LogP contribution >= 0.6 is 0 Å². The third-order valence-electron chi connectivity index (χ3n) is 2.66. The van der Waals surface area contributed by atoms with Gasteiger partial charge in [-0.3, -0.25) is 0 Å². The fourth-order valence-corrected chi connectivity index (χ4v) is 2.83. The summed E-state index contributed by atoms with van der Waals surface area (Å²) >= 11 is 0. The average Bonchev–Trinajstić information content (AvgIpc) is 2.94. The maximum atomic E-state index is 13.7. The van der Waals surface area contributed by atoms with Crippen LogP contribution in [0.5, 0.6) is 0 Å². The largest absolute Gasteiger partial charge is 0.364 e. The summed E-state index contributed by atoms with van der Waals surface area (Å²) in [5.74, 6) is -2.63. The second-order valence-corrected chi connectivity index (χ2v) is 5.97. The van der Waals surface area contributed by atoms with E-state index < -0.39 is 26.6 Å². The van der Waals surface area contributed by atoms with E-state index in [0.29, 0.717) is 11.3 Å². The van der Waals surface area contributed by atoms with Gasteiger partial charge in [0.05, 0.1) is 12.2 Å². The summed E-state index contributed by atoms with van der Waals surface area (Å²) in [6, 6.07) is 3.49. The monoisotopic (exact) mass is 317 g/mol. The van der Waals surface area contributed by atoms with Gasteiger partial charge in [0.2, 0.25) is 10.0 Å². The minimum absolute atomic E-state index is 0.184. The van der Waals surface area contributed by atoms with Gasteiger partial charge in [-0.2, -0.15) is 0 Å². The van der Waals surface area contributed by atoms with Crippen molar-refractivity contribution in [2.24, 2.45) is 0 Å². The summed E-state index contributed by atoms with van der Waals surface area (Å²) in [6.45, 7) is 0.0269. The highest BCUT2D eigenvalue weighted by Gasteiger charge is 2.23. The molecular formula is C12H13F2N3O3S. The van der Waals surface area contributed by atoms with Gasteiger partial charge in [-0.15, -0.1) is 0 Å². The van der Waals surface area contributed by atoms with Gasteiger partial charge in [-0.25, -0.2) is 21.9 Å². The Kier molecular flexibility index (Phi) is 4.66. The van der Waals surface area contributed by atoms with E-state index in [1.165, 1.54) is 12.3 Å². The summed E-state index contributed by atoms with van der Waals surface area (Å²) in [4.78, 5) is -0.740. The number of hydrogen-bond acceptors (Lipinski definition) is 5. The zero-order valence-electron chi connectivity index (χ0n) is 11.1. The number of nitrogens with one attached hydrogen (secondary N) is 2. The number of rotatable bonds is 6. The summed E-state index contributed by atoms with van der Waals surface area (Å²) in [6.07, 6.45) is 1.28. The van der Waals surface area contributed by atoms with Crippen molar-refractivity contribution >= 4 is 10.0 Å². The standard InChI is InChI=1S/C12H13F2N3O3S/c1-15-6-8-4-10(13)12(14)11(5-8)21(18,19)16-7-9-2-3-20-17-9/h2-5,15-16H,6-7H2,1H3. The third kappa shape index (κ3) is 3.63. The predicted octanol–water partition coefficient (Wildman–Crippen LogP) is 1.15. The molecular weight excluding hydrogens is 304 g/mol. The van der Waals surface area contributed by atoms with Crippen LogP contribution in [0.3, 0.4) is 0 Å². The van der Waals surface area contributed by atoms with Gasteiger partial charge in [-0.1, -0.05) is 5.16 Å². The Morgan fingerprint density at radius 3 is 2.67 bits per heavy atom. The molecule has 1 aromatic heterocycles. The van der Waals surface area contributed by atoms with Crippen LogP contribution in [0.4, 0.5) is 8.78 Å². The molecule has 21 heavy (non-hydrogen) atoms. The molecule has 0 aliphatic rings. The van der Waals surface area contributed by atoms with Gasteiger partial charge in [0.15, 0.2) is 11.6 Å². The number of hydrogen-bond donors (Lipinski definition) is 2. The van der Waals surface area contributed by atoms with Crippen LogP contribution in [0.25, 0.3) is 0 Å². The lowest BCUT2D eigenvalue weighted by Gasteiger charge is -2.09. The number of nitrogens with zero attached hydrogens (tertiary/aromatic N) is 1. The van der Waals surface area contributed by atoms with E-state index in [-0.39, 0.29) is 13.1 Å². The molecule has 0 aliphatic heterocycles. The Hall–Kier alpha value is -1.84. The molecule has 0 saturated carbocycles. The first-order valence-corrected chi connectivity index (χ1v) is 7.44. The Morgan fingerprint density at radius 1 is 1.29 bits per heavy atom. The zero-order valence-corrected chi connectivity index (χ0v) is 11.9. The van der Waals surface area contributed by atoms with E-state index in [4.69, 9.17) is 0 Å². The van der Waals surface area contributed by atoms with E-state index in [2.05, 4.69) is 19.7 Å².